The summed E-state index contributed by atoms with van der Waals surface area (Å²) >= 11 is 0. The van der Waals surface area contributed by atoms with Crippen LogP contribution in [0.15, 0.2) is 54.6 Å². The van der Waals surface area contributed by atoms with Gasteiger partial charge in [-0.05, 0) is 57.5 Å². The molecule has 0 spiro atoms. The molecular weight excluding hydrogens is 326 g/mol. The van der Waals surface area contributed by atoms with Gasteiger partial charge in [-0.2, -0.15) is 0 Å². The lowest BCUT2D eigenvalue weighted by Crippen LogP contribution is -2.41. The molecule has 0 bridgehead atoms. The molecule has 2 aromatic rings. The molecule has 0 aliphatic heterocycles. The standard InChI is InChI=1S/C21H27N3O2/c1-15(16-8-6-5-7-9-16)23-20(26)17-10-12-18(13-11-17)24-19(25)14-22-21(2,3)4/h5-13,15,22H,14H2,1-4H3,(H,23,26)(H,24,25). The quantitative estimate of drug-likeness (QED) is 0.744. The second kappa shape index (κ2) is 8.63. The van der Waals surface area contributed by atoms with Gasteiger partial charge in [-0.1, -0.05) is 30.3 Å². The Balaban J connectivity index is 1.90. The van der Waals surface area contributed by atoms with E-state index in [4.69, 9.17) is 0 Å². The van der Waals surface area contributed by atoms with Gasteiger partial charge in [-0.25, -0.2) is 0 Å². The first-order valence-electron chi connectivity index (χ1n) is 8.75. The highest BCUT2D eigenvalue weighted by atomic mass is 16.2. The number of nitrogens with one attached hydrogen (secondary N) is 3. The maximum Gasteiger partial charge on any atom is 0.251 e. The van der Waals surface area contributed by atoms with E-state index in [-0.39, 0.29) is 29.9 Å². The topological polar surface area (TPSA) is 70.2 Å². The number of hydrogen-bond acceptors (Lipinski definition) is 3. The normalized spacial score (nSPS) is 12.3. The van der Waals surface area contributed by atoms with Crippen molar-refractivity contribution in [2.75, 3.05) is 11.9 Å². The Labute approximate surface area is 155 Å². The minimum Gasteiger partial charge on any atom is -0.346 e. The van der Waals surface area contributed by atoms with E-state index in [1.165, 1.54) is 0 Å². The molecule has 0 saturated carbocycles. The average Bonchev–Trinajstić information content (AvgIpc) is 2.60. The Hall–Kier alpha value is -2.66. The summed E-state index contributed by atoms with van der Waals surface area (Å²) < 4.78 is 0. The van der Waals surface area contributed by atoms with E-state index < -0.39 is 0 Å². The van der Waals surface area contributed by atoms with Gasteiger partial charge in [0.05, 0.1) is 12.6 Å². The number of rotatable bonds is 6. The largest absolute Gasteiger partial charge is 0.346 e. The predicted molar refractivity (Wildman–Crippen MR) is 105 cm³/mol. The van der Waals surface area contributed by atoms with Crippen LogP contribution in [0.3, 0.4) is 0 Å². The first-order chi connectivity index (χ1) is 12.2. The van der Waals surface area contributed by atoms with Crippen LogP contribution < -0.4 is 16.0 Å². The molecule has 0 fully saturated rings. The predicted octanol–water partition coefficient (Wildman–Crippen LogP) is 3.50. The van der Waals surface area contributed by atoms with Crippen LogP contribution in [0, 0.1) is 0 Å². The number of carbonyl (C=O) groups excluding carboxylic acids is 2. The van der Waals surface area contributed by atoms with Gasteiger partial charge >= 0.3 is 0 Å². The molecule has 2 amide bonds. The molecule has 0 aromatic heterocycles. The van der Waals surface area contributed by atoms with Crippen LogP contribution in [0.2, 0.25) is 0 Å². The van der Waals surface area contributed by atoms with Crippen LogP contribution >= 0.6 is 0 Å². The molecule has 26 heavy (non-hydrogen) atoms. The van der Waals surface area contributed by atoms with Crippen LogP contribution in [-0.4, -0.2) is 23.9 Å². The fourth-order valence-electron chi connectivity index (χ4n) is 2.36. The Bertz CT molecular complexity index is 734. The van der Waals surface area contributed by atoms with E-state index in [1.807, 2.05) is 58.0 Å². The number of carbonyl (C=O) groups is 2. The Morgan fingerprint density at radius 3 is 2.15 bits per heavy atom. The van der Waals surface area contributed by atoms with Crippen molar-refractivity contribution in [2.24, 2.45) is 0 Å². The third kappa shape index (κ3) is 6.33. The third-order valence-corrected chi connectivity index (χ3v) is 3.86. The molecule has 0 aliphatic carbocycles. The molecule has 2 aromatic carbocycles. The SMILES string of the molecule is CC(NC(=O)c1ccc(NC(=O)CNC(C)(C)C)cc1)c1ccccc1. The minimum absolute atomic E-state index is 0.0773. The van der Waals surface area contributed by atoms with E-state index in [1.54, 1.807) is 24.3 Å². The summed E-state index contributed by atoms with van der Waals surface area (Å²) in [5.41, 5.74) is 2.16. The molecule has 5 nitrogen and oxygen atoms in total. The van der Waals surface area contributed by atoms with Gasteiger partial charge in [-0.3, -0.25) is 9.59 Å². The van der Waals surface area contributed by atoms with Crippen molar-refractivity contribution in [3.63, 3.8) is 0 Å². The van der Waals surface area contributed by atoms with Crippen LogP contribution in [-0.2, 0) is 4.79 Å². The highest BCUT2D eigenvalue weighted by molar-refractivity contribution is 5.96. The van der Waals surface area contributed by atoms with Crippen molar-refractivity contribution >= 4 is 17.5 Å². The number of benzene rings is 2. The molecule has 2 rings (SSSR count). The first-order valence-corrected chi connectivity index (χ1v) is 8.75. The molecule has 3 N–H and O–H groups in total. The zero-order chi connectivity index (χ0) is 19.2. The van der Waals surface area contributed by atoms with Gasteiger partial charge < -0.3 is 16.0 Å². The Kier molecular flexibility index (Phi) is 6.52. The van der Waals surface area contributed by atoms with Crippen molar-refractivity contribution in [3.8, 4) is 0 Å². The molecule has 0 heterocycles. The third-order valence-electron chi connectivity index (χ3n) is 3.86. The molecule has 138 valence electrons. The van der Waals surface area contributed by atoms with Crippen LogP contribution in [0.25, 0.3) is 0 Å². The number of amides is 2. The molecular formula is C21H27N3O2. The fourth-order valence-corrected chi connectivity index (χ4v) is 2.36. The maximum atomic E-state index is 12.4. The van der Waals surface area contributed by atoms with E-state index in [2.05, 4.69) is 16.0 Å². The minimum atomic E-state index is -0.145. The molecule has 0 saturated heterocycles. The fraction of sp³-hybridized carbons (Fsp3) is 0.333. The Morgan fingerprint density at radius 2 is 1.58 bits per heavy atom. The van der Waals surface area contributed by atoms with Gasteiger partial charge in [0.1, 0.15) is 0 Å². The van der Waals surface area contributed by atoms with Crippen molar-refractivity contribution < 1.29 is 9.59 Å². The van der Waals surface area contributed by atoms with Crippen molar-refractivity contribution in [1.82, 2.24) is 10.6 Å². The van der Waals surface area contributed by atoms with Gasteiger partial charge in [0.2, 0.25) is 5.91 Å². The summed E-state index contributed by atoms with van der Waals surface area (Å²) in [5.74, 6) is -0.261. The van der Waals surface area contributed by atoms with Crippen molar-refractivity contribution in [2.45, 2.75) is 39.3 Å². The summed E-state index contributed by atoms with van der Waals surface area (Å²) in [5, 5.41) is 8.92. The van der Waals surface area contributed by atoms with E-state index >= 15 is 0 Å². The van der Waals surface area contributed by atoms with E-state index in [0.717, 1.165) is 5.56 Å². The summed E-state index contributed by atoms with van der Waals surface area (Å²) in [6.45, 7) is 8.20. The molecule has 0 radical (unpaired) electrons. The van der Waals surface area contributed by atoms with Gasteiger partial charge in [0.25, 0.3) is 5.91 Å². The smallest absolute Gasteiger partial charge is 0.251 e. The summed E-state index contributed by atoms with van der Waals surface area (Å²) in [6.07, 6.45) is 0. The Morgan fingerprint density at radius 1 is 0.962 bits per heavy atom. The zero-order valence-electron chi connectivity index (χ0n) is 15.8. The van der Waals surface area contributed by atoms with E-state index in [0.29, 0.717) is 11.3 Å². The lowest BCUT2D eigenvalue weighted by Gasteiger charge is -2.20. The van der Waals surface area contributed by atoms with Gasteiger partial charge in [0.15, 0.2) is 0 Å². The van der Waals surface area contributed by atoms with Crippen LogP contribution in [0.4, 0.5) is 5.69 Å². The number of hydrogen-bond donors (Lipinski definition) is 3. The number of anilines is 1. The highest BCUT2D eigenvalue weighted by Gasteiger charge is 2.13. The second-order valence-electron chi connectivity index (χ2n) is 7.33. The molecule has 0 aliphatic rings. The van der Waals surface area contributed by atoms with Crippen LogP contribution in [0.5, 0.6) is 0 Å². The van der Waals surface area contributed by atoms with Crippen LogP contribution in [0.1, 0.15) is 49.7 Å². The van der Waals surface area contributed by atoms with Crippen molar-refractivity contribution in [1.29, 1.82) is 0 Å². The zero-order valence-corrected chi connectivity index (χ0v) is 15.8. The molecule has 1 unspecified atom stereocenters. The summed E-state index contributed by atoms with van der Waals surface area (Å²) in [4.78, 5) is 24.3. The lowest BCUT2D eigenvalue weighted by molar-refractivity contribution is -0.115. The molecule has 1 atom stereocenters. The summed E-state index contributed by atoms with van der Waals surface area (Å²) in [7, 11) is 0. The summed E-state index contributed by atoms with van der Waals surface area (Å²) in [6, 6.07) is 16.6. The van der Waals surface area contributed by atoms with Gasteiger partial charge in [0, 0.05) is 16.8 Å². The lowest BCUT2D eigenvalue weighted by atomic mass is 10.1. The average molecular weight is 353 g/mol. The first kappa shape index (κ1) is 19.7. The van der Waals surface area contributed by atoms with Gasteiger partial charge in [-0.15, -0.1) is 0 Å². The maximum absolute atomic E-state index is 12.4. The second-order valence-corrected chi connectivity index (χ2v) is 7.33. The molecule has 5 heteroatoms. The monoisotopic (exact) mass is 353 g/mol. The van der Waals surface area contributed by atoms with E-state index in [9.17, 15) is 9.59 Å². The highest BCUT2D eigenvalue weighted by Crippen LogP contribution is 2.14. The van der Waals surface area contributed by atoms with Crippen molar-refractivity contribution in [3.05, 3.63) is 65.7 Å².